The van der Waals surface area contributed by atoms with E-state index >= 15 is 0 Å². The van der Waals surface area contributed by atoms with Crippen LogP contribution in [0.2, 0.25) is 0 Å². The number of hydrogen-bond donors (Lipinski definition) is 3. The van der Waals surface area contributed by atoms with Gasteiger partial charge in [0.15, 0.2) is 0 Å². The Hall–Kier alpha value is -1.81. The van der Waals surface area contributed by atoms with E-state index in [0.717, 1.165) is 12.8 Å². The predicted molar refractivity (Wildman–Crippen MR) is 73.3 cm³/mol. The molecule has 4 heteroatoms. The lowest BCUT2D eigenvalue weighted by Crippen LogP contribution is -2.26. The molecule has 0 saturated heterocycles. The van der Waals surface area contributed by atoms with Crippen LogP contribution in [-0.4, -0.2) is 24.0 Å². The van der Waals surface area contributed by atoms with E-state index < -0.39 is 0 Å². The Morgan fingerprint density at radius 2 is 2.17 bits per heavy atom. The number of amides is 1. The van der Waals surface area contributed by atoms with Gasteiger partial charge in [0.25, 0.3) is 0 Å². The summed E-state index contributed by atoms with van der Waals surface area (Å²) in [6.07, 6.45) is 4.37. The van der Waals surface area contributed by atoms with Crippen LogP contribution in [0.5, 0.6) is 0 Å². The number of nitrogens with one attached hydrogen (secondary N) is 2. The first kappa shape index (κ1) is 12.6. The lowest BCUT2D eigenvalue weighted by Gasteiger charge is -2.03. The molecule has 0 aliphatic heterocycles. The number of para-hydroxylation sites is 1. The molecule has 2 rings (SSSR count). The molecule has 1 heterocycles. The van der Waals surface area contributed by atoms with Crippen LogP contribution in [0.1, 0.15) is 18.4 Å². The second-order valence-corrected chi connectivity index (χ2v) is 4.35. The third-order valence-electron chi connectivity index (χ3n) is 2.99. The first-order valence-electron chi connectivity index (χ1n) is 6.33. The topological polar surface area (TPSA) is 70.9 Å². The minimum absolute atomic E-state index is 0.0384. The molecule has 0 saturated carbocycles. The molecule has 96 valence electrons. The Balaban J connectivity index is 1.82. The van der Waals surface area contributed by atoms with Gasteiger partial charge < -0.3 is 16.0 Å². The fourth-order valence-electron chi connectivity index (χ4n) is 2.06. The zero-order chi connectivity index (χ0) is 12.8. The minimum Gasteiger partial charge on any atom is -0.361 e. The fourth-order valence-corrected chi connectivity index (χ4v) is 2.06. The van der Waals surface area contributed by atoms with Crippen molar-refractivity contribution < 1.29 is 4.79 Å². The quantitative estimate of drug-likeness (QED) is 0.676. The number of benzene rings is 1. The largest absolute Gasteiger partial charge is 0.361 e. The molecule has 4 N–H and O–H groups in total. The van der Waals surface area contributed by atoms with E-state index in [1.165, 1.54) is 16.5 Å². The summed E-state index contributed by atoms with van der Waals surface area (Å²) < 4.78 is 0. The summed E-state index contributed by atoms with van der Waals surface area (Å²) in [5.41, 5.74) is 7.78. The van der Waals surface area contributed by atoms with E-state index in [-0.39, 0.29) is 5.91 Å². The molecule has 0 radical (unpaired) electrons. The Morgan fingerprint density at radius 3 is 3.00 bits per heavy atom. The highest BCUT2D eigenvalue weighted by atomic mass is 16.1. The second kappa shape index (κ2) is 6.21. The van der Waals surface area contributed by atoms with Crippen molar-refractivity contribution in [3.63, 3.8) is 0 Å². The number of rotatable bonds is 6. The van der Waals surface area contributed by atoms with Gasteiger partial charge in [-0.2, -0.15) is 0 Å². The zero-order valence-corrected chi connectivity index (χ0v) is 10.4. The molecule has 0 fully saturated rings. The van der Waals surface area contributed by atoms with Crippen LogP contribution in [0.25, 0.3) is 10.9 Å². The van der Waals surface area contributed by atoms with Crippen LogP contribution in [0.4, 0.5) is 0 Å². The van der Waals surface area contributed by atoms with Gasteiger partial charge in [0.2, 0.25) is 5.91 Å². The van der Waals surface area contributed by atoms with Gasteiger partial charge in [-0.3, -0.25) is 4.79 Å². The first-order valence-corrected chi connectivity index (χ1v) is 6.33. The van der Waals surface area contributed by atoms with Crippen LogP contribution < -0.4 is 11.1 Å². The Morgan fingerprint density at radius 1 is 1.33 bits per heavy atom. The third kappa shape index (κ3) is 3.11. The summed E-state index contributed by atoms with van der Waals surface area (Å²) in [4.78, 5) is 14.5. The van der Waals surface area contributed by atoms with Crippen LogP contribution in [0.3, 0.4) is 0 Å². The molecule has 4 nitrogen and oxygen atoms in total. The monoisotopic (exact) mass is 245 g/mol. The molecule has 0 atom stereocenters. The summed E-state index contributed by atoms with van der Waals surface area (Å²) in [6, 6.07) is 8.26. The number of aromatic amines is 1. The maximum absolute atomic E-state index is 11.2. The van der Waals surface area contributed by atoms with Gasteiger partial charge in [0, 0.05) is 36.6 Å². The molecule has 2 aromatic rings. The van der Waals surface area contributed by atoms with Gasteiger partial charge in [0.05, 0.1) is 0 Å². The number of carbonyl (C=O) groups excluding carboxylic acids is 1. The molecule has 0 unspecified atom stereocenters. The number of H-pyrrole nitrogens is 1. The number of nitrogens with two attached hydrogens (primary N) is 1. The van der Waals surface area contributed by atoms with Crippen molar-refractivity contribution in [1.82, 2.24) is 10.3 Å². The highest BCUT2D eigenvalue weighted by Gasteiger charge is 2.03. The summed E-state index contributed by atoms with van der Waals surface area (Å²) in [7, 11) is 0. The Kier molecular flexibility index (Phi) is 4.36. The van der Waals surface area contributed by atoms with E-state index in [1.807, 2.05) is 18.3 Å². The lowest BCUT2D eigenvalue weighted by atomic mass is 10.1. The molecule has 0 aliphatic rings. The van der Waals surface area contributed by atoms with E-state index in [0.29, 0.717) is 19.5 Å². The van der Waals surface area contributed by atoms with Crippen molar-refractivity contribution >= 4 is 16.8 Å². The normalized spacial score (nSPS) is 10.7. The van der Waals surface area contributed by atoms with E-state index in [1.54, 1.807) is 0 Å². The molecule has 0 bridgehead atoms. The summed E-state index contributed by atoms with van der Waals surface area (Å²) in [6.45, 7) is 1.12. The molecule has 1 amide bonds. The second-order valence-electron chi connectivity index (χ2n) is 4.35. The Bertz CT molecular complexity index is 518. The van der Waals surface area contributed by atoms with Gasteiger partial charge in [-0.05, 0) is 24.5 Å². The van der Waals surface area contributed by atoms with Crippen molar-refractivity contribution in [2.24, 2.45) is 5.73 Å². The molecule has 1 aromatic heterocycles. The van der Waals surface area contributed by atoms with Crippen molar-refractivity contribution in [2.45, 2.75) is 19.3 Å². The van der Waals surface area contributed by atoms with Crippen LogP contribution >= 0.6 is 0 Å². The van der Waals surface area contributed by atoms with Crippen molar-refractivity contribution in [3.05, 3.63) is 36.0 Å². The molecule has 0 spiro atoms. The number of aryl methyl sites for hydroxylation is 1. The van der Waals surface area contributed by atoms with Gasteiger partial charge in [-0.25, -0.2) is 0 Å². The summed E-state index contributed by atoms with van der Waals surface area (Å²) in [5, 5.41) is 4.13. The summed E-state index contributed by atoms with van der Waals surface area (Å²) >= 11 is 0. The van der Waals surface area contributed by atoms with E-state index in [9.17, 15) is 4.79 Å². The zero-order valence-electron chi connectivity index (χ0n) is 10.4. The lowest BCUT2D eigenvalue weighted by molar-refractivity contribution is -0.120. The number of hydrogen-bond acceptors (Lipinski definition) is 2. The van der Waals surface area contributed by atoms with Crippen LogP contribution in [-0.2, 0) is 11.2 Å². The maximum Gasteiger partial charge on any atom is 0.221 e. The predicted octanol–water partition coefficient (Wildman–Crippen LogP) is 1.57. The van der Waals surface area contributed by atoms with Crippen molar-refractivity contribution in [3.8, 4) is 0 Å². The molecule has 1 aromatic carbocycles. The van der Waals surface area contributed by atoms with E-state index in [4.69, 9.17) is 5.73 Å². The minimum atomic E-state index is 0.0384. The maximum atomic E-state index is 11.2. The first-order chi connectivity index (χ1) is 8.81. The standard InChI is InChI=1S/C14H19N3O/c15-8-7-14(18)16-9-3-4-11-10-17-13-6-2-1-5-12(11)13/h1-2,5-6,10,17H,3-4,7-9,15H2,(H,16,18). The average Bonchev–Trinajstić information content (AvgIpc) is 2.78. The third-order valence-corrected chi connectivity index (χ3v) is 2.99. The molecule has 0 aliphatic carbocycles. The van der Waals surface area contributed by atoms with Gasteiger partial charge >= 0.3 is 0 Å². The fraction of sp³-hybridized carbons (Fsp3) is 0.357. The highest BCUT2D eigenvalue weighted by molar-refractivity contribution is 5.83. The Labute approximate surface area is 107 Å². The van der Waals surface area contributed by atoms with Gasteiger partial charge in [-0.15, -0.1) is 0 Å². The van der Waals surface area contributed by atoms with Crippen molar-refractivity contribution in [1.29, 1.82) is 0 Å². The molecular weight excluding hydrogens is 226 g/mol. The molecule has 18 heavy (non-hydrogen) atoms. The highest BCUT2D eigenvalue weighted by Crippen LogP contribution is 2.18. The average molecular weight is 245 g/mol. The number of fused-ring (bicyclic) bond motifs is 1. The SMILES string of the molecule is NCCC(=O)NCCCc1c[nH]c2ccccc12. The van der Waals surface area contributed by atoms with Gasteiger partial charge in [-0.1, -0.05) is 18.2 Å². The van der Waals surface area contributed by atoms with Crippen LogP contribution in [0, 0.1) is 0 Å². The van der Waals surface area contributed by atoms with E-state index in [2.05, 4.69) is 22.4 Å². The van der Waals surface area contributed by atoms with Crippen molar-refractivity contribution in [2.75, 3.05) is 13.1 Å². The summed E-state index contributed by atoms with van der Waals surface area (Å²) in [5.74, 6) is 0.0384. The van der Waals surface area contributed by atoms with Crippen LogP contribution in [0.15, 0.2) is 30.5 Å². The molecular formula is C14H19N3O. The smallest absolute Gasteiger partial charge is 0.221 e. The van der Waals surface area contributed by atoms with Gasteiger partial charge in [0.1, 0.15) is 0 Å². The number of carbonyl (C=O) groups is 1. The number of aromatic nitrogens is 1.